The normalized spacial score (nSPS) is 11.5. The third kappa shape index (κ3) is 5.99. The summed E-state index contributed by atoms with van der Waals surface area (Å²) in [7, 11) is 3.17. The monoisotopic (exact) mass is 191 g/mol. The van der Waals surface area contributed by atoms with E-state index in [1.54, 1.807) is 14.2 Å². The number of methoxy groups -OCH3 is 2. The van der Waals surface area contributed by atoms with Gasteiger partial charge in [-0.2, -0.15) is 0 Å². The Morgan fingerprint density at radius 2 is 1.46 bits per heavy atom. The Balaban J connectivity index is 3.76. The zero-order chi connectivity index (χ0) is 10.1. The largest absolute Gasteiger partial charge is 0.356 e. The van der Waals surface area contributed by atoms with Crippen molar-refractivity contribution in [3.8, 4) is 0 Å². The first-order chi connectivity index (χ1) is 6.28. The molecule has 13 heavy (non-hydrogen) atoms. The van der Waals surface area contributed by atoms with Crippen LogP contribution >= 0.6 is 0 Å². The van der Waals surface area contributed by atoms with E-state index >= 15 is 0 Å². The molecule has 0 N–H and O–H groups in total. The van der Waals surface area contributed by atoms with E-state index < -0.39 is 0 Å². The van der Waals surface area contributed by atoms with E-state index in [9.17, 15) is 0 Å². The molecule has 0 saturated carbocycles. The van der Waals surface area contributed by atoms with Gasteiger partial charge < -0.3 is 18.9 Å². The van der Waals surface area contributed by atoms with Gasteiger partial charge in [-0.1, -0.05) is 0 Å². The molecular weight excluding hydrogens is 172 g/mol. The van der Waals surface area contributed by atoms with Crippen LogP contribution in [0.4, 0.5) is 0 Å². The topological polar surface area (TPSA) is 36.9 Å². The molecule has 0 bridgehead atoms. The second-order valence-electron chi connectivity index (χ2n) is 2.34. The second kappa shape index (κ2) is 8.44. The van der Waals surface area contributed by atoms with E-state index in [0.29, 0.717) is 25.9 Å². The summed E-state index contributed by atoms with van der Waals surface area (Å²) in [6.07, 6.45) is 0.779. The van der Waals surface area contributed by atoms with Gasteiger partial charge in [0.25, 0.3) is 0 Å². The molecule has 0 rings (SSSR count). The summed E-state index contributed by atoms with van der Waals surface area (Å²) < 4.78 is 20.5. The van der Waals surface area contributed by atoms with Crippen LogP contribution in [-0.2, 0) is 18.9 Å². The second-order valence-corrected chi connectivity index (χ2v) is 2.34. The minimum absolute atomic E-state index is 0.298. The Bertz CT molecular complexity index is 97.8. The number of hydrogen-bond acceptors (Lipinski definition) is 4. The molecule has 4 heteroatoms. The van der Waals surface area contributed by atoms with Crippen LogP contribution in [0.1, 0.15) is 20.3 Å². The molecule has 79 valence electrons. The zero-order valence-electron chi connectivity index (χ0n) is 8.83. The predicted octanol–water partition coefficient (Wildman–Crippen LogP) is 1.56. The lowest BCUT2D eigenvalue weighted by atomic mass is 10.4. The molecule has 0 aliphatic heterocycles. The van der Waals surface area contributed by atoms with Gasteiger partial charge in [0.1, 0.15) is 0 Å². The van der Waals surface area contributed by atoms with Crippen LogP contribution in [0.2, 0.25) is 0 Å². The van der Waals surface area contributed by atoms with Crippen LogP contribution in [0.15, 0.2) is 0 Å². The Labute approximate surface area is 80.1 Å². The Morgan fingerprint density at radius 1 is 1.00 bits per heavy atom. The summed E-state index contributed by atoms with van der Waals surface area (Å²) in [5.74, 6) is 0. The number of ether oxygens (including phenoxy) is 4. The summed E-state index contributed by atoms with van der Waals surface area (Å²) in [4.78, 5) is 0. The van der Waals surface area contributed by atoms with Crippen molar-refractivity contribution in [3.63, 3.8) is 0 Å². The lowest BCUT2D eigenvalue weighted by molar-refractivity contribution is -0.143. The number of rotatable bonds is 8. The molecule has 0 saturated heterocycles. The van der Waals surface area contributed by atoms with Crippen molar-refractivity contribution in [3.05, 3.63) is 6.29 Å². The van der Waals surface area contributed by atoms with E-state index in [1.165, 1.54) is 0 Å². The third-order valence-corrected chi connectivity index (χ3v) is 1.47. The highest BCUT2D eigenvalue weighted by Gasteiger charge is 2.17. The average molecular weight is 191 g/mol. The van der Waals surface area contributed by atoms with Crippen molar-refractivity contribution in [1.29, 1.82) is 0 Å². The first-order valence-electron chi connectivity index (χ1n) is 4.45. The van der Waals surface area contributed by atoms with Crippen molar-refractivity contribution in [2.75, 3.05) is 27.4 Å². The molecule has 0 heterocycles. The molecular formula is C9H19O4. The molecule has 0 spiro atoms. The Morgan fingerprint density at radius 3 is 1.77 bits per heavy atom. The van der Waals surface area contributed by atoms with Crippen LogP contribution in [0.25, 0.3) is 0 Å². The molecule has 0 unspecified atom stereocenters. The fourth-order valence-corrected chi connectivity index (χ4v) is 0.880. The van der Waals surface area contributed by atoms with Crippen LogP contribution in [0.3, 0.4) is 0 Å². The maximum atomic E-state index is 5.25. The van der Waals surface area contributed by atoms with E-state index in [0.717, 1.165) is 0 Å². The van der Waals surface area contributed by atoms with Crippen LogP contribution < -0.4 is 0 Å². The van der Waals surface area contributed by atoms with Gasteiger partial charge in [0, 0.05) is 27.4 Å². The van der Waals surface area contributed by atoms with E-state index in [4.69, 9.17) is 18.9 Å². The fourth-order valence-electron chi connectivity index (χ4n) is 0.880. The van der Waals surface area contributed by atoms with Gasteiger partial charge in [0.15, 0.2) is 6.29 Å². The smallest absolute Gasteiger partial charge is 0.228 e. The molecule has 4 nitrogen and oxygen atoms in total. The molecule has 0 aromatic rings. The average Bonchev–Trinajstić information content (AvgIpc) is 2.14. The SMILES string of the molecule is CCO[C](CC(OC)OC)OCC. The van der Waals surface area contributed by atoms with Crippen molar-refractivity contribution in [2.24, 2.45) is 0 Å². The van der Waals surface area contributed by atoms with Gasteiger partial charge >= 0.3 is 0 Å². The predicted molar refractivity (Wildman–Crippen MR) is 48.9 cm³/mol. The molecule has 0 aliphatic rings. The van der Waals surface area contributed by atoms with Gasteiger partial charge in [-0.25, -0.2) is 0 Å². The van der Waals surface area contributed by atoms with Crippen molar-refractivity contribution in [2.45, 2.75) is 26.6 Å². The first-order valence-corrected chi connectivity index (χ1v) is 4.45. The van der Waals surface area contributed by atoms with E-state index in [-0.39, 0.29) is 6.29 Å². The highest BCUT2D eigenvalue weighted by molar-refractivity contribution is 4.67. The first kappa shape index (κ1) is 12.8. The highest BCUT2D eigenvalue weighted by atomic mass is 16.7. The minimum Gasteiger partial charge on any atom is -0.356 e. The van der Waals surface area contributed by atoms with Crippen molar-refractivity contribution < 1.29 is 18.9 Å². The Kier molecular flexibility index (Phi) is 8.33. The van der Waals surface area contributed by atoms with Gasteiger partial charge in [0.05, 0.1) is 6.42 Å². The zero-order valence-corrected chi connectivity index (χ0v) is 8.83. The molecule has 0 fully saturated rings. The summed E-state index contributed by atoms with van der Waals surface area (Å²) in [6, 6.07) is 0. The molecule has 0 atom stereocenters. The summed E-state index contributed by atoms with van der Waals surface area (Å²) in [6.45, 7) is 5.01. The number of hydrogen-bond donors (Lipinski definition) is 0. The minimum atomic E-state index is -0.298. The van der Waals surface area contributed by atoms with Crippen LogP contribution in [-0.4, -0.2) is 33.7 Å². The molecule has 0 aromatic heterocycles. The van der Waals surface area contributed by atoms with Crippen molar-refractivity contribution in [1.82, 2.24) is 0 Å². The van der Waals surface area contributed by atoms with E-state index in [2.05, 4.69) is 0 Å². The standard InChI is InChI=1S/C9H19O4/c1-5-12-9(13-6-2)7-8(10-3)11-4/h8H,5-7H2,1-4H3. The molecule has 0 amide bonds. The van der Waals surface area contributed by atoms with E-state index in [1.807, 2.05) is 13.8 Å². The van der Waals surface area contributed by atoms with Crippen molar-refractivity contribution >= 4 is 0 Å². The maximum absolute atomic E-state index is 5.25. The lowest BCUT2D eigenvalue weighted by Crippen LogP contribution is -2.20. The fraction of sp³-hybridized carbons (Fsp3) is 0.889. The van der Waals surface area contributed by atoms with Gasteiger partial charge in [-0.3, -0.25) is 0 Å². The molecule has 0 aromatic carbocycles. The van der Waals surface area contributed by atoms with Crippen LogP contribution in [0.5, 0.6) is 0 Å². The summed E-state index contributed by atoms with van der Waals surface area (Å²) >= 11 is 0. The van der Waals surface area contributed by atoms with Crippen LogP contribution in [0, 0.1) is 6.29 Å². The maximum Gasteiger partial charge on any atom is 0.228 e. The third-order valence-electron chi connectivity index (χ3n) is 1.47. The van der Waals surface area contributed by atoms with Gasteiger partial charge in [0.2, 0.25) is 6.29 Å². The highest BCUT2D eigenvalue weighted by Crippen LogP contribution is 2.14. The van der Waals surface area contributed by atoms with Gasteiger partial charge in [-0.15, -0.1) is 0 Å². The molecule has 0 aliphatic carbocycles. The van der Waals surface area contributed by atoms with Gasteiger partial charge in [-0.05, 0) is 13.8 Å². The molecule has 1 radical (unpaired) electrons. The Hall–Kier alpha value is -0.160. The summed E-state index contributed by atoms with van der Waals surface area (Å²) in [5, 5.41) is 0. The summed E-state index contributed by atoms with van der Waals surface area (Å²) in [5.41, 5.74) is 0. The quantitative estimate of drug-likeness (QED) is 0.545. The lowest BCUT2D eigenvalue weighted by Gasteiger charge is -2.19.